The molecule has 7 nitrogen and oxygen atoms in total. The van der Waals surface area contributed by atoms with Gasteiger partial charge in [0, 0.05) is 17.8 Å². The molecule has 9 heteroatoms. The molecule has 0 saturated heterocycles. The van der Waals surface area contributed by atoms with Crippen molar-refractivity contribution in [3.8, 4) is 0 Å². The Morgan fingerprint density at radius 3 is 2.81 bits per heavy atom. The summed E-state index contributed by atoms with van der Waals surface area (Å²) in [4.78, 5) is 25.6. The summed E-state index contributed by atoms with van der Waals surface area (Å²) in [6.45, 7) is 6.48. The van der Waals surface area contributed by atoms with Crippen molar-refractivity contribution in [2.45, 2.75) is 70.0 Å². The van der Waals surface area contributed by atoms with Crippen LogP contribution in [-0.2, 0) is 28.9 Å². The van der Waals surface area contributed by atoms with Crippen molar-refractivity contribution in [1.29, 1.82) is 0 Å². The van der Waals surface area contributed by atoms with Gasteiger partial charge in [-0.3, -0.25) is 4.79 Å². The molecule has 1 saturated carbocycles. The first-order valence-electron chi connectivity index (χ1n) is 11.2. The first-order chi connectivity index (χ1) is 15.5. The summed E-state index contributed by atoms with van der Waals surface area (Å²) >= 11 is 2.75. The third-order valence-corrected chi connectivity index (χ3v) is 7.89. The van der Waals surface area contributed by atoms with Gasteiger partial charge < -0.3 is 14.6 Å². The normalized spacial score (nSPS) is 14.3. The molecule has 1 aliphatic rings. The van der Waals surface area contributed by atoms with Crippen LogP contribution in [0.15, 0.2) is 23.9 Å². The van der Waals surface area contributed by atoms with E-state index >= 15 is 0 Å². The summed E-state index contributed by atoms with van der Waals surface area (Å²) in [5.74, 6) is 1.27. The number of nitrogens with one attached hydrogen (secondary N) is 1. The first-order valence-corrected chi connectivity index (χ1v) is 13.0. The molecule has 3 rings (SSSR count). The maximum atomic E-state index is 12.6. The van der Waals surface area contributed by atoms with Crippen LogP contribution in [-0.4, -0.2) is 39.5 Å². The average molecular weight is 477 g/mol. The fourth-order valence-corrected chi connectivity index (χ4v) is 5.76. The van der Waals surface area contributed by atoms with Crippen molar-refractivity contribution in [2.75, 3.05) is 18.2 Å². The molecule has 0 aliphatic heterocycles. The zero-order valence-electron chi connectivity index (χ0n) is 18.9. The Bertz CT molecular complexity index is 932. The predicted octanol–water partition coefficient (Wildman–Crippen LogP) is 5.12. The lowest BCUT2D eigenvalue weighted by molar-refractivity contribution is -0.113. The van der Waals surface area contributed by atoms with E-state index in [4.69, 9.17) is 4.74 Å². The minimum absolute atomic E-state index is 0.178. The SMILES string of the molecule is C=CCn1c(CCC2CCCCC2)nnc1SCC(=O)Nc1sc(CC)cc1C(=O)OC. The molecular weight excluding hydrogens is 444 g/mol. The van der Waals surface area contributed by atoms with Crippen LogP contribution in [0, 0.1) is 5.92 Å². The summed E-state index contributed by atoms with van der Waals surface area (Å²) in [6.07, 6.45) is 11.3. The van der Waals surface area contributed by atoms with Gasteiger partial charge in [-0.05, 0) is 24.8 Å². The number of rotatable bonds is 11. The lowest BCUT2D eigenvalue weighted by Gasteiger charge is -2.21. The fourth-order valence-electron chi connectivity index (χ4n) is 4.00. The topological polar surface area (TPSA) is 86.1 Å². The Kier molecular flexibility index (Phi) is 9.35. The van der Waals surface area contributed by atoms with Gasteiger partial charge in [-0.25, -0.2) is 4.79 Å². The molecule has 2 aromatic rings. The molecule has 1 aliphatic carbocycles. The van der Waals surface area contributed by atoms with Crippen LogP contribution < -0.4 is 5.32 Å². The summed E-state index contributed by atoms with van der Waals surface area (Å²) in [5.41, 5.74) is 0.396. The van der Waals surface area contributed by atoms with Gasteiger partial charge in [0.1, 0.15) is 10.8 Å². The Morgan fingerprint density at radius 2 is 2.12 bits per heavy atom. The number of esters is 1. The van der Waals surface area contributed by atoms with Gasteiger partial charge in [0.25, 0.3) is 0 Å². The van der Waals surface area contributed by atoms with Gasteiger partial charge in [0.15, 0.2) is 5.16 Å². The number of aryl methyl sites for hydroxylation is 2. The van der Waals surface area contributed by atoms with Crippen molar-refractivity contribution in [3.63, 3.8) is 0 Å². The predicted molar refractivity (Wildman–Crippen MR) is 130 cm³/mol. The van der Waals surface area contributed by atoms with Crippen LogP contribution in [0.25, 0.3) is 0 Å². The monoisotopic (exact) mass is 476 g/mol. The van der Waals surface area contributed by atoms with E-state index < -0.39 is 5.97 Å². The molecule has 1 N–H and O–H groups in total. The van der Waals surface area contributed by atoms with E-state index in [-0.39, 0.29) is 11.7 Å². The van der Waals surface area contributed by atoms with E-state index in [1.54, 1.807) is 6.07 Å². The molecule has 1 amide bonds. The smallest absolute Gasteiger partial charge is 0.340 e. The molecule has 0 bridgehead atoms. The summed E-state index contributed by atoms with van der Waals surface area (Å²) in [5, 5.41) is 12.8. The highest BCUT2D eigenvalue weighted by Crippen LogP contribution is 2.30. The molecule has 2 aromatic heterocycles. The highest BCUT2D eigenvalue weighted by Gasteiger charge is 2.20. The Morgan fingerprint density at radius 1 is 1.34 bits per heavy atom. The minimum atomic E-state index is -0.447. The number of nitrogens with zero attached hydrogens (tertiary/aromatic N) is 3. The molecule has 174 valence electrons. The number of anilines is 1. The van der Waals surface area contributed by atoms with Gasteiger partial charge in [0.2, 0.25) is 5.91 Å². The van der Waals surface area contributed by atoms with Crippen molar-refractivity contribution in [1.82, 2.24) is 14.8 Å². The maximum absolute atomic E-state index is 12.6. The number of thiophene rings is 1. The van der Waals surface area contributed by atoms with E-state index in [1.807, 2.05) is 17.6 Å². The molecular formula is C23H32N4O3S2. The Hall–Kier alpha value is -2.13. The lowest BCUT2D eigenvalue weighted by Crippen LogP contribution is -2.16. The summed E-state index contributed by atoms with van der Waals surface area (Å²) < 4.78 is 6.89. The van der Waals surface area contributed by atoms with Crippen LogP contribution in [0.3, 0.4) is 0 Å². The third kappa shape index (κ3) is 6.45. The van der Waals surface area contributed by atoms with Crippen molar-refractivity contribution >= 4 is 40.0 Å². The molecule has 0 spiro atoms. The van der Waals surface area contributed by atoms with Gasteiger partial charge in [0.05, 0.1) is 18.4 Å². The number of carbonyl (C=O) groups excluding carboxylic acids is 2. The van der Waals surface area contributed by atoms with Crippen LogP contribution in [0.2, 0.25) is 0 Å². The summed E-state index contributed by atoms with van der Waals surface area (Å²) in [6, 6.07) is 1.78. The number of allylic oxidation sites excluding steroid dienone is 1. The Labute approximate surface area is 198 Å². The zero-order chi connectivity index (χ0) is 22.9. The number of amides is 1. The van der Waals surface area contributed by atoms with Crippen LogP contribution in [0.4, 0.5) is 5.00 Å². The molecule has 0 atom stereocenters. The van der Waals surface area contributed by atoms with Crippen molar-refractivity contribution < 1.29 is 14.3 Å². The summed E-state index contributed by atoms with van der Waals surface area (Å²) in [7, 11) is 1.34. The molecule has 32 heavy (non-hydrogen) atoms. The first kappa shape index (κ1) is 24.5. The lowest BCUT2D eigenvalue weighted by atomic mass is 9.86. The van der Waals surface area contributed by atoms with E-state index in [9.17, 15) is 9.59 Å². The fraction of sp³-hybridized carbons (Fsp3) is 0.565. The van der Waals surface area contributed by atoms with Crippen LogP contribution >= 0.6 is 23.1 Å². The number of hydrogen-bond donors (Lipinski definition) is 1. The largest absolute Gasteiger partial charge is 0.465 e. The number of hydrogen-bond acceptors (Lipinski definition) is 7. The van der Waals surface area contributed by atoms with E-state index in [0.717, 1.165) is 35.9 Å². The van der Waals surface area contributed by atoms with E-state index in [0.29, 0.717) is 22.3 Å². The number of carbonyl (C=O) groups is 2. The molecule has 0 radical (unpaired) electrons. The second-order valence-corrected chi connectivity index (χ2v) is 10.1. The van der Waals surface area contributed by atoms with Gasteiger partial charge in [-0.2, -0.15) is 0 Å². The van der Waals surface area contributed by atoms with E-state index in [1.165, 1.54) is 62.3 Å². The van der Waals surface area contributed by atoms with Crippen molar-refractivity contribution in [2.24, 2.45) is 5.92 Å². The highest BCUT2D eigenvalue weighted by molar-refractivity contribution is 7.99. The highest BCUT2D eigenvalue weighted by atomic mass is 32.2. The molecule has 2 heterocycles. The zero-order valence-corrected chi connectivity index (χ0v) is 20.5. The van der Waals surface area contributed by atoms with Crippen LogP contribution in [0.5, 0.6) is 0 Å². The second-order valence-electron chi connectivity index (χ2n) is 7.98. The number of methoxy groups -OCH3 is 1. The molecule has 0 unspecified atom stereocenters. The number of thioether (sulfide) groups is 1. The second kappa shape index (κ2) is 12.2. The Balaban J connectivity index is 1.60. The number of aromatic nitrogens is 3. The maximum Gasteiger partial charge on any atom is 0.340 e. The number of ether oxygens (including phenoxy) is 1. The van der Waals surface area contributed by atoms with Gasteiger partial charge in [-0.1, -0.05) is 56.9 Å². The van der Waals surface area contributed by atoms with E-state index in [2.05, 4.69) is 22.1 Å². The van der Waals surface area contributed by atoms with Crippen LogP contribution in [0.1, 0.15) is 66.5 Å². The third-order valence-electron chi connectivity index (χ3n) is 5.73. The molecule has 1 fully saturated rings. The van der Waals surface area contributed by atoms with Crippen molar-refractivity contribution in [3.05, 3.63) is 35.0 Å². The minimum Gasteiger partial charge on any atom is -0.465 e. The van der Waals surface area contributed by atoms with Gasteiger partial charge >= 0.3 is 5.97 Å². The average Bonchev–Trinajstić information content (AvgIpc) is 3.40. The molecule has 0 aromatic carbocycles. The quantitative estimate of drug-likeness (QED) is 0.275. The standard InChI is InChI=1S/C23H32N4O3S2/c1-4-13-27-19(12-11-16-9-7-6-8-10-16)25-26-23(27)31-15-20(28)24-21-18(22(29)30-3)14-17(5-2)32-21/h4,14,16H,1,5-13,15H2,2-3H3,(H,24,28). The van der Waals surface area contributed by atoms with Gasteiger partial charge in [-0.15, -0.1) is 28.1 Å².